The van der Waals surface area contributed by atoms with Crippen LogP contribution >= 0.6 is 0 Å². The van der Waals surface area contributed by atoms with E-state index < -0.39 is 24.0 Å². The molecule has 0 N–H and O–H groups in total. The van der Waals surface area contributed by atoms with Gasteiger partial charge in [0.25, 0.3) is 0 Å². The Bertz CT molecular complexity index is 512. The first-order valence-electron chi connectivity index (χ1n) is 5.83. The molecular formula is C12H14N4O4. The lowest BCUT2D eigenvalue weighted by Gasteiger charge is -2.23. The molecule has 0 saturated carbocycles. The van der Waals surface area contributed by atoms with E-state index in [9.17, 15) is 9.59 Å². The van der Waals surface area contributed by atoms with E-state index in [2.05, 4.69) is 10.2 Å². The number of rotatable bonds is 5. The van der Waals surface area contributed by atoms with Crippen molar-refractivity contribution in [2.45, 2.75) is 12.1 Å². The van der Waals surface area contributed by atoms with Crippen LogP contribution < -0.4 is 0 Å². The zero-order valence-electron chi connectivity index (χ0n) is 11.0. The molecule has 0 aliphatic rings. The van der Waals surface area contributed by atoms with Crippen LogP contribution in [0.25, 0.3) is 0 Å². The van der Waals surface area contributed by atoms with Gasteiger partial charge < -0.3 is 9.47 Å². The van der Waals surface area contributed by atoms with Crippen molar-refractivity contribution in [3.8, 4) is 0 Å². The third-order valence-electron chi connectivity index (χ3n) is 2.80. The molecule has 20 heavy (non-hydrogen) atoms. The van der Waals surface area contributed by atoms with Gasteiger partial charge in [-0.25, -0.2) is 9.59 Å². The lowest BCUT2D eigenvalue weighted by molar-refractivity contribution is -0.156. The third-order valence-corrected chi connectivity index (χ3v) is 2.80. The maximum absolute atomic E-state index is 12.0. The summed E-state index contributed by atoms with van der Waals surface area (Å²) >= 11 is 0. The minimum atomic E-state index is -0.998. The van der Waals surface area contributed by atoms with Gasteiger partial charge in [0.15, 0.2) is 12.1 Å². The van der Waals surface area contributed by atoms with Crippen molar-refractivity contribution >= 4 is 11.9 Å². The van der Waals surface area contributed by atoms with E-state index in [1.165, 1.54) is 36.0 Å². The van der Waals surface area contributed by atoms with Gasteiger partial charge in [-0.15, -0.1) is 0 Å². The summed E-state index contributed by atoms with van der Waals surface area (Å²) in [5.41, 5.74) is 0. The zero-order chi connectivity index (χ0) is 14.5. The second kappa shape index (κ2) is 6.00. The topological polar surface area (TPSA) is 88.2 Å². The Balaban J connectivity index is 2.47. The molecule has 0 amide bonds. The van der Waals surface area contributed by atoms with Crippen LogP contribution in [0.5, 0.6) is 0 Å². The second-order valence-corrected chi connectivity index (χ2v) is 3.91. The molecule has 0 spiro atoms. The van der Waals surface area contributed by atoms with Crippen molar-refractivity contribution < 1.29 is 19.1 Å². The van der Waals surface area contributed by atoms with Crippen LogP contribution in [0.1, 0.15) is 12.1 Å². The summed E-state index contributed by atoms with van der Waals surface area (Å²) in [5.74, 6) is -1.22. The fourth-order valence-electron chi connectivity index (χ4n) is 1.89. The molecule has 106 valence electrons. The standard InChI is InChI=1S/C12H14N4O4/c1-19-11(17)9(15-7-3-5-13-15)10(12(18)20-2)16-8-4-6-14-16/h3-10H,1-2H3. The fraction of sp³-hybridized carbons (Fsp3) is 0.333. The monoisotopic (exact) mass is 278 g/mol. The van der Waals surface area contributed by atoms with Crippen LogP contribution in [0.15, 0.2) is 36.9 Å². The molecule has 2 aromatic heterocycles. The smallest absolute Gasteiger partial charge is 0.333 e. The van der Waals surface area contributed by atoms with E-state index in [-0.39, 0.29) is 0 Å². The molecule has 0 aromatic carbocycles. The summed E-state index contributed by atoms with van der Waals surface area (Å²) in [6, 6.07) is 1.30. The molecule has 0 bridgehead atoms. The molecule has 0 aliphatic carbocycles. The third kappa shape index (κ3) is 2.53. The number of aromatic nitrogens is 4. The van der Waals surface area contributed by atoms with Gasteiger partial charge in [-0.1, -0.05) is 0 Å². The molecule has 2 aromatic rings. The average Bonchev–Trinajstić information content (AvgIpc) is 3.15. The first-order chi connectivity index (χ1) is 9.69. The number of ether oxygens (including phenoxy) is 2. The first-order valence-corrected chi connectivity index (χ1v) is 5.83. The van der Waals surface area contributed by atoms with Gasteiger partial charge in [0.2, 0.25) is 0 Å². The van der Waals surface area contributed by atoms with Crippen molar-refractivity contribution in [2.75, 3.05) is 14.2 Å². The predicted molar refractivity (Wildman–Crippen MR) is 66.6 cm³/mol. The van der Waals surface area contributed by atoms with E-state index in [0.29, 0.717) is 0 Å². The highest BCUT2D eigenvalue weighted by molar-refractivity contribution is 5.84. The lowest BCUT2D eigenvalue weighted by atomic mass is 10.1. The Hall–Kier alpha value is -2.64. The number of nitrogens with zero attached hydrogens (tertiary/aromatic N) is 4. The Kier molecular flexibility index (Phi) is 4.14. The molecule has 2 rings (SSSR count). The van der Waals surface area contributed by atoms with E-state index in [1.54, 1.807) is 24.5 Å². The van der Waals surface area contributed by atoms with Crippen LogP contribution in [0, 0.1) is 0 Å². The number of carbonyl (C=O) groups excluding carboxylic acids is 2. The summed E-state index contributed by atoms with van der Waals surface area (Å²) in [5, 5.41) is 8.00. The Morgan fingerprint density at radius 3 is 1.55 bits per heavy atom. The maximum atomic E-state index is 12.0. The number of esters is 2. The van der Waals surface area contributed by atoms with Gasteiger partial charge in [0, 0.05) is 24.8 Å². The number of methoxy groups -OCH3 is 2. The van der Waals surface area contributed by atoms with Gasteiger partial charge in [-0.3, -0.25) is 9.36 Å². The van der Waals surface area contributed by atoms with Crippen LogP contribution in [0.4, 0.5) is 0 Å². The Morgan fingerprint density at radius 2 is 1.30 bits per heavy atom. The van der Waals surface area contributed by atoms with Gasteiger partial charge >= 0.3 is 11.9 Å². The van der Waals surface area contributed by atoms with E-state index in [1.807, 2.05) is 0 Å². The molecule has 2 atom stereocenters. The van der Waals surface area contributed by atoms with E-state index >= 15 is 0 Å². The van der Waals surface area contributed by atoms with Crippen molar-refractivity contribution in [3.63, 3.8) is 0 Å². The van der Waals surface area contributed by atoms with Gasteiger partial charge in [-0.2, -0.15) is 10.2 Å². The van der Waals surface area contributed by atoms with Crippen LogP contribution in [0.2, 0.25) is 0 Å². The molecular weight excluding hydrogens is 264 g/mol. The minimum absolute atomic E-state index is 0.611. The van der Waals surface area contributed by atoms with Crippen LogP contribution in [-0.4, -0.2) is 45.7 Å². The lowest BCUT2D eigenvalue weighted by Crippen LogP contribution is -2.36. The Labute approximate surface area is 114 Å². The van der Waals surface area contributed by atoms with E-state index in [0.717, 1.165) is 0 Å². The molecule has 0 fully saturated rings. The zero-order valence-corrected chi connectivity index (χ0v) is 11.0. The summed E-state index contributed by atoms with van der Waals surface area (Å²) in [7, 11) is 2.49. The highest BCUT2D eigenvalue weighted by Crippen LogP contribution is 2.25. The molecule has 0 radical (unpaired) electrons. The summed E-state index contributed by atoms with van der Waals surface area (Å²) < 4.78 is 12.2. The SMILES string of the molecule is COC(=O)C(C(C(=O)OC)n1cccn1)n1cccn1. The van der Waals surface area contributed by atoms with Gasteiger partial charge in [0.05, 0.1) is 14.2 Å². The Morgan fingerprint density at radius 1 is 0.900 bits per heavy atom. The van der Waals surface area contributed by atoms with E-state index in [4.69, 9.17) is 9.47 Å². The maximum Gasteiger partial charge on any atom is 0.333 e. The predicted octanol–water partition coefficient (Wildman–Crippen LogP) is 0.208. The minimum Gasteiger partial charge on any atom is -0.467 e. The van der Waals surface area contributed by atoms with Crippen LogP contribution in [-0.2, 0) is 19.1 Å². The number of hydrogen-bond acceptors (Lipinski definition) is 6. The van der Waals surface area contributed by atoms with Crippen molar-refractivity contribution in [3.05, 3.63) is 36.9 Å². The molecule has 2 heterocycles. The van der Waals surface area contributed by atoms with Gasteiger partial charge in [-0.05, 0) is 12.1 Å². The average molecular weight is 278 g/mol. The first kappa shape index (κ1) is 13.8. The molecule has 2 unspecified atom stereocenters. The normalized spacial score (nSPS) is 13.5. The van der Waals surface area contributed by atoms with Crippen molar-refractivity contribution in [2.24, 2.45) is 0 Å². The summed E-state index contributed by atoms with van der Waals surface area (Å²) in [6.45, 7) is 0. The summed E-state index contributed by atoms with van der Waals surface area (Å²) in [6.07, 6.45) is 6.16. The highest BCUT2D eigenvalue weighted by Gasteiger charge is 2.39. The molecule has 8 heteroatoms. The number of hydrogen-bond donors (Lipinski definition) is 0. The fourth-order valence-corrected chi connectivity index (χ4v) is 1.89. The van der Waals surface area contributed by atoms with Crippen molar-refractivity contribution in [1.29, 1.82) is 0 Å². The molecule has 8 nitrogen and oxygen atoms in total. The highest BCUT2D eigenvalue weighted by atomic mass is 16.5. The largest absolute Gasteiger partial charge is 0.467 e. The number of carbonyl (C=O) groups is 2. The second-order valence-electron chi connectivity index (χ2n) is 3.91. The van der Waals surface area contributed by atoms with Gasteiger partial charge in [0.1, 0.15) is 0 Å². The summed E-state index contributed by atoms with van der Waals surface area (Å²) in [4.78, 5) is 24.1. The van der Waals surface area contributed by atoms with Crippen molar-refractivity contribution in [1.82, 2.24) is 19.6 Å². The van der Waals surface area contributed by atoms with Crippen LogP contribution in [0.3, 0.4) is 0 Å². The quantitative estimate of drug-likeness (QED) is 0.726. The molecule has 0 saturated heterocycles. The molecule has 0 aliphatic heterocycles.